The summed E-state index contributed by atoms with van der Waals surface area (Å²) in [6, 6.07) is 12.0. The van der Waals surface area contributed by atoms with Gasteiger partial charge in [-0.25, -0.2) is 27.2 Å². The smallest absolute Gasteiger partial charge is 0.367 e. The number of fused-ring (bicyclic) bond motifs is 1. The molecular weight excluding hydrogens is 458 g/mol. The minimum atomic E-state index is -3.94. The van der Waals surface area contributed by atoms with Crippen molar-refractivity contribution in [2.45, 2.75) is 31.1 Å². The molecule has 0 bridgehead atoms. The van der Waals surface area contributed by atoms with Crippen LogP contribution >= 0.6 is 11.3 Å². The van der Waals surface area contributed by atoms with Crippen LogP contribution in [0.3, 0.4) is 0 Å². The van der Waals surface area contributed by atoms with Gasteiger partial charge in [0.2, 0.25) is 5.01 Å². The van der Waals surface area contributed by atoms with Crippen LogP contribution in [0.15, 0.2) is 65.0 Å². The number of aromatic nitrogens is 3. The van der Waals surface area contributed by atoms with E-state index in [9.17, 15) is 13.2 Å². The second kappa shape index (κ2) is 8.57. The van der Waals surface area contributed by atoms with Gasteiger partial charge in [0, 0.05) is 22.5 Å². The summed E-state index contributed by atoms with van der Waals surface area (Å²) in [4.78, 5) is 21.4. The third kappa shape index (κ3) is 3.67. The fraction of sp³-hybridized carbons (Fsp3) is 0.208. The van der Waals surface area contributed by atoms with Crippen molar-refractivity contribution in [2.24, 2.45) is 0 Å². The van der Waals surface area contributed by atoms with Gasteiger partial charge in [-0.3, -0.25) is 0 Å². The average Bonchev–Trinajstić information content (AvgIpc) is 3.57. The Morgan fingerprint density at radius 3 is 2.73 bits per heavy atom. The quantitative estimate of drug-likeness (QED) is 0.356. The number of rotatable bonds is 6. The van der Waals surface area contributed by atoms with Crippen LogP contribution in [0, 0.1) is 0 Å². The normalized spacial score (nSPS) is 13.9. The predicted molar refractivity (Wildman–Crippen MR) is 128 cm³/mol. The molecule has 0 fully saturated rings. The first-order chi connectivity index (χ1) is 16.0. The summed E-state index contributed by atoms with van der Waals surface area (Å²) in [5.41, 5.74) is 3.03. The van der Waals surface area contributed by atoms with Crippen molar-refractivity contribution < 1.29 is 17.9 Å². The number of pyridine rings is 1. The Balaban J connectivity index is 1.83. The molecule has 0 atom stereocenters. The summed E-state index contributed by atoms with van der Waals surface area (Å²) in [5.74, 6) is -0.492. The maximum absolute atomic E-state index is 13.9. The van der Waals surface area contributed by atoms with E-state index in [1.807, 2.05) is 6.07 Å². The van der Waals surface area contributed by atoms with E-state index in [4.69, 9.17) is 4.74 Å². The molecule has 7 nitrogen and oxygen atoms in total. The number of carbonyl (C=O) groups is 1. The number of allylic oxidation sites excluding steroid dienone is 2. The third-order valence-electron chi connectivity index (χ3n) is 5.53. The number of benzene rings is 1. The monoisotopic (exact) mass is 479 g/mol. The van der Waals surface area contributed by atoms with E-state index in [1.54, 1.807) is 54.9 Å². The summed E-state index contributed by atoms with van der Waals surface area (Å²) >= 11 is 1.18. The molecule has 33 heavy (non-hydrogen) atoms. The minimum absolute atomic E-state index is 0.185. The van der Waals surface area contributed by atoms with Gasteiger partial charge < -0.3 is 4.74 Å². The second-order valence-corrected chi connectivity index (χ2v) is 10.2. The third-order valence-corrected chi connectivity index (χ3v) is 8.05. The number of nitrogens with zero attached hydrogens (tertiary/aromatic N) is 3. The zero-order valence-electron chi connectivity index (χ0n) is 17.9. The molecule has 3 aromatic heterocycles. The molecule has 1 aliphatic carbocycles. The van der Waals surface area contributed by atoms with Crippen LogP contribution in [-0.4, -0.2) is 34.9 Å². The van der Waals surface area contributed by atoms with Crippen LogP contribution in [-0.2, 0) is 14.8 Å². The van der Waals surface area contributed by atoms with Gasteiger partial charge in [-0.15, -0.1) is 11.3 Å². The lowest BCUT2D eigenvalue weighted by Gasteiger charge is -2.13. The van der Waals surface area contributed by atoms with Crippen LogP contribution in [0.4, 0.5) is 0 Å². The van der Waals surface area contributed by atoms with Crippen LogP contribution in [0.1, 0.15) is 41.7 Å². The number of carbonyl (C=O) groups excluding carboxylic acids is 1. The average molecular weight is 480 g/mol. The minimum Gasteiger partial charge on any atom is -0.461 e. The van der Waals surface area contributed by atoms with Gasteiger partial charge in [0.25, 0.3) is 10.0 Å². The topological polar surface area (TPSA) is 91.1 Å². The highest BCUT2D eigenvalue weighted by Crippen LogP contribution is 2.43. The first-order valence-electron chi connectivity index (χ1n) is 10.6. The van der Waals surface area contributed by atoms with Crippen molar-refractivity contribution in [3.8, 4) is 11.3 Å². The molecule has 0 spiro atoms. The van der Waals surface area contributed by atoms with E-state index < -0.39 is 16.0 Å². The zero-order valence-corrected chi connectivity index (χ0v) is 19.5. The summed E-state index contributed by atoms with van der Waals surface area (Å²) in [7, 11) is -3.94. The molecule has 0 saturated heterocycles. The molecule has 0 N–H and O–H groups in total. The molecule has 1 aromatic carbocycles. The Kier molecular flexibility index (Phi) is 5.59. The number of hydrogen-bond donors (Lipinski definition) is 0. The summed E-state index contributed by atoms with van der Waals surface area (Å²) in [5, 5.41) is 2.67. The van der Waals surface area contributed by atoms with Crippen LogP contribution in [0.2, 0.25) is 0 Å². The lowest BCUT2D eigenvalue weighted by atomic mass is 10.0. The maximum Gasteiger partial charge on any atom is 0.367 e. The standard InChI is InChI=1S/C24H21N3O4S2/c1-2-31-24(28)23-26-19(15-32-23)20-18-13-8-14-25-22(18)27(21(20)16-9-6-7-10-16)33(29,30)17-11-4-3-5-12-17/h3-5,8-9,11-15H,2,6-7,10H2,1H3. The van der Waals surface area contributed by atoms with Crippen LogP contribution in [0.25, 0.3) is 27.9 Å². The molecule has 4 aromatic rings. The van der Waals surface area contributed by atoms with Crippen molar-refractivity contribution >= 4 is 43.9 Å². The molecule has 0 aliphatic heterocycles. The van der Waals surface area contributed by atoms with Gasteiger partial charge in [0.05, 0.1) is 22.9 Å². The van der Waals surface area contributed by atoms with E-state index >= 15 is 0 Å². The van der Waals surface area contributed by atoms with E-state index in [1.165, 1.54) is 15.3 Å². The lowest BCUT2D eigenvalue weighted by Crippen LogP contribution is -2.16. The molecule has 5 rings (SSSR count). The number of esters is 1. The van der Waals surface area contributed by atoms with Gasteiger partial charge >= 0.3 is 5.97 Å². The fourth-order valence-corrected chi connectivity index (χ4v) is 6.37. The lowest BCUT2D eigenvalue weighted by molar-refractivity contribution is 0.0526. The van der Waals surface area contributed by atoms with Gasteiger partial charge in [0.1, 0.15) is 0 Å². The molecule has 0 radical (unpaired) electrons. The summed E-state index contributed by atoms with van der Waals surface area (Å²) < 4.78 is 34.2. The van der Waals surface area contributed by atoms with Gasteiger partial charge in [0.15, 0.2) is 5.65 Å². The molecular formula is C24H21N3O4S2. The molecule has 3 heterocycles. The molecule has 0 amide bonds. The maximum atomic E-state index is 13.9. The SMILES string of the molecule is CCOC(=O)c1nc(-c2c(C3=CCCC3)n(S(=O)(=O)c3ccccc3)c3ncccc23)cs1. The van der Waals surface area contributed by atoms with Crippen molar-refractivity contribution in [2.75, 3.05) is 6.61 Å². The van der Waals surface area contributed by atoms with Crippen molar-refractivity contribution in [1.29, 1.82) is 0 Å². The highest BCUT2D eigenvalue weighted by molar-refractivity contribution is 7.90. The van der Waals surface area contributed by atoms with Crippen molar-refractivity contribution in [1.82, 2.24) is 13.9 Å². The van der Waals surface area contributed by atoms with Crippen LogP contribution in [0.5, 0.6) is 0 Å². The first-order valence-corrected chi connectivity index (χ1v) is 13.0. The Bertz CT molecular complexity index is 1480. The molecule has 0 saturated carbocycles. The fourth-order valence-electron chi connectivity index (χ4n) is 4.13. The zero-order chi connectivity index (χ0) is 23.0. The highest BCUT2D eigenvalue weighted by Gasteiger charge is 2.32. The van der Waals surface area contributed by atoms with Crippen molar-refractivity contribution in [3.05, 3.63) is 70.8 Å². The number of hydrogen-bond acceptors (Lipinski definition) is 7. The predicted octanol–water partition coefficient (Wildman–Crippen LogP) is 5.14. The molecule has 9 heteroatoms. The summed E-state index contributed by atoms with van der Waals surface area (Å²) in [6.45, 7) is 2.00. The molecule has 1 aliphatic rings. The Morgan fingerprint density at radius 1 is 1.18 bits per heavy atom. The largest absolute Gasteiger partial charge is 0.461 e. The molecule has 0 unspecified atom stereocenters. The highest BCUT2D eigenvalue weighted by atomic mass is 32.2. The van der Waals surface area contributed by atoms with Crippen LogP contribution < -0.4 is 0 Å². The van der Waals surface area contributed by atoms with Gasteiger partial charge in [-0.1, -0.05) is 24.3 Å². The molecule has 168 valence electrons. The number of thiazole rings is 1. The Morgan fingerprint density at radius 2 is 2.00 bits per heavy atom. The van der Waals surface area contributed by atoms with Crippen molar-refractivity contribution in [3.63, 3.8) is 0 Å². The Labute approximate surface area is 195 Å². The van der Waals surface area contributed by atoms with E-state index in [2.05, 4.69) is 16.0 Å². The van der Waals surface area contributed by atoms with Gasteiger partial charge in [-0.2, -0.15) is 0 Å². The van der Waals surface area contributed by atoms with Gasteiger partial charge in [-0.05, 0) is 56.0 Å². The van der Waals surface area contributed by atoms with E-state index in [-0.39, 0.29) is 16.5 Å². The summed E-state index contributed by atoms with van der Waals surface area (Å²) in [6.07, 6.45) is 6.23. The Hall–Kier alpha value is -3.30. The second-order valence-electron chi connectivity index (χ2n) is 7.56. The first kappa shape index (κ1) is 21.5. The van der Waals surface area contributed by atoms with E-state index in [0.29, 0.717) is 28.0 Å². The van der Waals surface area contributed by atoms with E-state index in [0.717, 1.165) is 24.8 Å². The number of ether oxygens (including phenoxy) is 1.